The summed E-state index contributed by atoms with van der Waals surface area (Å²) < 4.78 is 13.1. The zero-order chi connectivity index (χ0) is 15.4. The molecular formula is C14H16FN3O2S. The lowest BCUT2D eigenvalue weighted by molar-refractivity contribution is -0.120. The number of fused-ring (bicyclic) bond motifs is 1. The highest BCUT2D eigenvalue weighted by atomic mass is 32.2. The van der Waals surface area contributed by atoms with Crippen LogP contribution in [0.4, 0.5) is 4.39 Å². The minimum Gasteiger partial charge on any atom is -0.355 e. The number of H-pyrrole nitrogens is 1. The van der Waals surface area contributed by atoms with Crippen LogP contribution in [0.5, 0.6) is 0 Å². The van der Waals surface area contributed by atoms with Gasteiger partial charge in [0.25, 0.3) is 5.56 Å². The summed E-state index contributed by atoms with van der Waals surface area (Å²) in [6.45, 7) is 4.33. The maximum Gasteiger partial charge on any atom is 0.259 e. The summed E-state index contributed by atoms with van der Waals surface area (Å²) in [6.07, 6.45) is 0.861. The topological polar surface area (TPSA) is 74.8 Å². The predicted molar refractivity (Wildman–Crippen MR) is 80.9 cm³/mol. The molecule has 5 nitrogen and oxygen atoms in total. The van der Waals surface area contributed by atoms with Crippen LogP contribution in [0.15, 0.2) is 28.2 Å². The fraction of sp³-hybridized carbons (Fsp3) is 0.357. The average Bonchev–Trinajstić information content (AvgIpc) is 2.45. The lowest BCUT2D eigenvalue weighted by atomic mass is 10.2. The monoisotopic (exact) mass is 309 g/mol. The molecule has 1 heterocycles. The molecule has 0 spiro atoms. The molecule has 7 heteroatoms. The molecule has 112 valence electrons. The van der Waals surface area contributed by atoms with Gasteiger partial charge in [-0.2, -0.15) is 0 Å². The van der Waals surface area contributed by atoms with Gasteiger partial charge in [-0.3, -0.25) is 9.59 Å². The van der Waals surface area contributed by atoms with Gasteiger partial charge < -0.3 is 10.3 Å². The highest BCUT2D eigenvalue weighted by Crippen LogP contribution is 2.20. The van der Waals surface area contributed by atoms with E-state index < -0.39 is 11.4 Å². The van der Waals surface area contributed by atoms with Crippen molar-refractivity contribution in [3.05, 3.63) is 34.4 Å². The Kier molecular flexibility index (Phi) is 4.95. The highest BCUT2D eigenvalue weighted by molar-refractivity contribution is 8.00. The van der Waals surface area contributed by atoms with E-state index in [-0.39, 0.29) is 16.5 Å². The van der Waals surface area contributed by atoms with Gasteiger partial charge in [0.1, 0.15) is 5.82 Å². The van der Waals surface area contributed by atoms with E-state index in [0.29, 0.717) is 17.2 Å². The van der Waals surface area contributed by atoms with Crippen LogP contribution in [0.2, 0.25) is 0 Å². The number of halogens is 1. The van der Waals surface area contributed by atoms with E-state index in [1.54, 1.807) is 6.92 Å². The number of carbonyl (C=O) groups is 1. The molecule has 0 aliphatic carbocycles. The molecule has 0 aliphatic rings. The zero-order valence-electron chi connectivity index (χ0n) is 11.8. The van der Waals surface area contributed by atoms with Crippen molar-refractivity contribution in [3.63, 3.8) is 0 Å². The quantitative estimate of drug-likeness (QED) is 0.655. The summed E-state index contributed by atoms with van der Waals surface area (Å²) in [5, 5.41) is 2.95. The van der Waals surface area contributed by atoms with Crippen LogP contribution in [0.25, 0.3) is 10.9 Å². The molecule has 1 aromatic heterocycles. The van der Waals surface area contributed by atoms with Gasteiger partial charge in [-0.15, -0.1) is 0 Å². The number of hydrogen-bond donors (Lipinski definition) is 2. The molecule has 2 aromatic rings. The lowest BCUT2D eigenvalue weighted by Crippen LogP contribution is -2.31. The highest BCUT2D eigenvalue weighted by Gasteiger charge is 2.16. The van der Waals surface area contributed by atoms with E-state index in [2.05, 4.69) is 15.3 Å². The maximum atomic E-state index is 13.1. The molecule has 0 fully saturated rings. The predicted octanol–water partition coefficient (Wildman–Crippen LogP) is 2.07. The minimum absolute atomic E-state index is 0.108. The zero-order valence-corrected chi connectivity index (χ0v) is 12.6. The van der Waals surface area contributed by atoms with E-state index in [1.165, 1.54) is 12.1 Å². The Morgan fingerprint density at radius 1 is 1.52 bits per heavy atom. The third kappa shape index (κ3) is 3.81. The minimum atomic E-state index is -0.484. The van der Waals surface area contributed by atoms with Gasteiger partial charge in [-0.1, -0.05) is 18.7 Å². The molecule has 1 atom stereocenters. The number of aromatic amines is 1. The Balaban J connectivity index is 2.21. The fourth-order valence-electron chi connectivity index (χ4n) is 1.76. The van der Waals surface area contributed by atoms with E-state index in [9.17, 15) is 14.0 Å². The smallest absolute Gasteiger partial charge is 0.259 e. The lowest BCUT2D eigenvalue weighted by Gasteiger charge is -2.10. The third-order valence-electron chi connectivity index (χ3n) is 2.85. The summed E-state index contributed by atoms with van der Waals surface area (Å²) in [4.78, 5) is 30.5. The number of rotatable bonds is 5. The second kappa shape index (κ2) is 6.71. The van der Waals surface area contributed by atoms with Crippen LogP contribution in [-0.4, -0.2) is 27.7 Å². The van der Waals surface area contributed by atoms with Gasteiger partial charge in [-0.05, 0) is 31.5 Å². The SMILES string of the molecule is CCCNC(=O)C(C)Sc1nc2ccc(F)cc2c(=O)[nH]1. The first kappa shape index (κ1) is 15.5. The van der Waals surface area contributed by atoms with Crippen LogP contribution >= 0.6 is 11.8 Å². The van der Waals surface area contributed by atoms with Crippen LogP contribution < -0.4 is 10.9 Å². The van der Waals surface area contributed by atoms with Gasteiger partial charge in [-0.25, -0.2) is 9.37 Å². The first-order valence-corrected chi connectivity index (χ1v) is 7.53. The Labute approximate surface area is 125 Å². The summed E-state index contributed by atoms with van der Waals surface area (Å²) in [7, 11) is 0. The number of hydrogen-bond acceptors (Lipinski definition) is 4. The van der Waals surface area contributed by atoms with Crippen molar-refractivity contribution in [2.45, 2.75) is 30.7 Å². The van der Waals surface area contributed by atoms with Crippen molar-refractivity contribution in [2.75, 3.05) is 6.54 Å². The molecule has 0 bridgehead atoms. The Hall–Kier alpha value is -1.89. The number of benzene rings is 1. The number of aromatic nitrogens is 2. The van der Waals surface area contributed by atoms with Crippen molar-refractivity contribution in [2.24, 2.45) is 0 Å². The Morgan fingerprint density at radius 2 is 2.29 bits per heavy atom. The number of nitrogens with one attached hydrogen (secondary N) is 2. The van der Waals surface area contributed by atoms with E-state index in [4.69, 9.17) is 0 Å². The van der Waals surface area contributed by atoms with Crippen LogP contribution in [-0.2, 0) is 4.79 Å². The summed E-state index contributed by atoms with van der Waals surface area (Å²) >= 11 is 1.16. The van der Waals surface area contributed by atoms with E-state index in [0.717, 1.165) is 24.2 Å². The first-order valence-electron chi connectivity index (χ1n) is 6.65. The first-order chi connectivity index (χ1) is 10.0. The largest absolute Gasteiger partial charge is 0.355 e. The van der Waals surface area contributed by atoms with Crippen molar-refractivity contribution in [1.82, 2.24) is 15.3 Å². The van der Waals surface area contributed by atoms with Gasteiger partial charge >= 0.3 is 0 Å². The van der Waals surface area contributed by atoms with Crippen LogP contribution in [0.3, 0.4) is 0 Å². The second-order valence-corrected chi connectivity index (χ2v) is 5.91. The van der Waals surface area contributed by atoms with E-state index in [1.807, 2.05) is 6.92 Å². The molecule has 2 N–H and O–H groups in total. The Morgan fingerprint density at radius 3 is 3.00 bits per heavy atom. The molecule has 2 rings (SSSR count). The maximum absolute atomic E-state index is 13.1. The van der Waals surface area contributed by atoms with Crippen LogP contribution in [0, 0.1) is 5.82 Å². The van der Waals surface area contributed by atoms with Crippen molar-refractivity contribution < 1.29 is 9.18 Å². The molecular weight excluding hydrogens is 293 g/mol. The molecule has 0 aliphatic heterocycles. The number of amides is 1. The molecule has 21 heavy (non-hydrogen) atoms. The molecule has 1 amide bonds. The summed E-state index contributed by atoms with van der Waals surface area (Å²) in [5.41, 5.74) is -0.00742. The van der Waals surface area contributed by atoms with Crippen molar-refractivity contribution in [1.29, 1.82) is 0 Å². The van der Waals surface area contributed by atoms with Crippen LogP contribution in [0.1, 0.15) is 20.3 Å². The average molecular weight is 309 g/mol. The standard InChI is InChI=1S/C14H16FN3O2S/c1-3-6-16-12(19)8(2)21-14-17-11-5-4-9(15)7-10(11)13(20)18-14/h4-5,7-8H,3,6H2,1-2H3,(H,16,19)(H,17,18,20). The fourth-order valence-corrected chi connectivity index (χ4v) is 2.59. The molecule has 0 radical (unpaired) electrons. The number of thioether (sulfide) groups is 1. The van der Waals surface area contributed by atoms with E-state index >= 15 is 0 Å². The molecule has 1 aromatic carbocycles. The summed E-state index contributed by atoms with van der Waals surface area (Å²) in [5.74, 6) is -0.591. The normalized spacial score (nSPS) is 12.3. The van der Waals surface area contributed by atoms with Gasteiger partial charge in [0, 0.05) is 6.54 Å². The molecule has 1 unspecified atom stereocenters. The van der Waals surface area contributed by atoms with Gasteiger partial charge in [0.15, 0.2) is 5.16 Å². The van der Waals surface area contributed by atoms with Gasteiger partial charge in [0.2, 0.25) is 5.91 Å². The number of carbonyl (C=O) groups excluding carboxylic acids is 1. The second-order valence-electron chi connectivity index (χ2n) is 4.58. The molecule has 0 saturated heterocycles. The summed E-state index contributed by atoms with van der Waals surface area (Å²) in [6, 6.07) is 3.85. The molecule has 0 saturated carbocycles. The van der Waals surface area contributed by atoms with Crippen molar-refractivity contribution >= 4 is 28.6 Å². The Bertz CT molecular complexity index is 717. The number of nitrogens with zero attached hydrogens (tertiary/aromatic N) is 1. The third-order valence-corrected chi connectivity index (χ3v) is 3.84. The van der Waals surface area contributed by atoms with Gasteiger partial charge in [0.05, 0.1) is 16.2 Å². The van der Waals surface area contributed by atoms with Crippen molar-refractivity contribution in [3.8, 4) is 0 Å².